The zero-order chi connectivity index (χ0) is 24.4. The minimum absolute atomic E-state index is 0.0671. The molecule has 1 atom stereocenters. The number of methoxy groups -OCH3 is 3. The molecule has 1 fully saturated rings. The van der Waals surface area contributed by atoms with Crippen LogP contribution in [0.15, 0.2) is 72.3 Å². The molecule has 0 saturated carbocycles. The molecule has 1 aliphatic rings. The zero-order valence-electron chi connectivity index (χ0n) is 19.4. The van der Waals surface area contributed by atoms with Crippen molar-refractivity contribution in [2.45, 2.75) is 13.0 Å². The van der Waals surface area contributed by atoms with Crippen molar-refractivity contribution in [3.8, 4) is 17.2 Å². The minimum Gasteiger partial charge on any atom is -0.507 e. The van der Waals surface area contributed by atoms with E-state index in [1.54, 1.807) is 48.5 Å². The molecule has 1 saturated heterocycles. The number of Topliss-reactive ketones (excluding diaryl/α,β-unsaturated/α-hetero) is 1. The predicted octanol–water partition coefficient (Wildman–Crippen LogP) is 4.65. The van der Waals surface area contributed by atoms with Crippen LogP contribution in [0, 0.1) is 6.92 Å². The molecule has 34 heavy (non-hydrogen) atoms. The summed E-state index contributed by atoms with van der Waals surface area (Å²) < 4.78 is 16.3. The van der Waals surface area contributed by atoms with Crippen LogP contribution in [0.2, 0.25) is 0 Å². The summed E-state index contributed by atoms with van der Waals surface area (Å²) in [7, 11) is 4.47. The normalized spacial score (nSPS) is 17.1. The highest BCUT2D eigenvalue weighted by molar-refractivity contribution is 6.51. The Morgan fingerprint density at radius 2 is 1.59 bits per heavy atom. The number of rotatable bonds is 6. The lowest BCUT2D eigenvalue weighted by Crippen LogP contribution is -2.29. The van der Waals surface area contributed by atoms with Crippen LogP contribution in [-0.2, 0) is 9.59 Å². The number of ether oxygens (including phenoxy) is 3. The minimum atomic E-state index is -0.922. The topological polar surface area (TPSA) is 85.3 Å². The van der Waals surface area contributed by atoms with Gasteiger partial charge in [-0.15, -0.1) is 0 Å². The molecular formula is C27H25NO6. The number of aryl methyl sites for hydroxylation is 1. The highest BCUT2D eigenvalue weighted by atomic mass is 16.5. The summed E-state index contributed by atoms with van der Waals surface area (Å²) in [5.74, 6) is -0.636. The number of hydrogen-bond donors (Lipinski definition) is 1. The quantitative estimate of drug-likeness (QED) is 0.328. The summed E-state index contributed by atoms with van der Waals surface area (Å²) in [6.45, 7) is 1.90. The van der Waals surface area contributed by atoms with Gasteiger partial charge in [-0.3, -0.25) is 14.5 Å². The van der Waals surface area contributed by atoms with E-state index in [-0.39, 0.29) is 16.9 Å². The van der Waals surface area contributed by atoms with Gasteiger partial charge in [-0.1, -0.05) is 30.3 Å². The van der Waals surface area contributed by atoms with E-state index in [9.17, 15) is 14.7 Å². The van der Waals surface area contributed by atoms with E-state index in [0.29, 0.717) is 28.5 Å². The van der Waals surface area contributed by atoms with E-state index in [1.807, 2.05) is 25.1 Å². The third kappa shape index (κ3) is 3.85. The van der Waals surface area contributed by atoms with Crippen LogP contribution in [0.25, 0.3) is 5.76 Å². The lowest BCUT2D eigenvalue weighted by atomic mass is 9.94. The lowest BCUT2D eigenvalue weighted by molar-refractivity contribution is -0.132. The van der Waals surface area contributed by atoms with Crippen molar-refractivity contribution < 1.29 is 28.9 Å². The molecule has 4 rings (SSSR count). The van der Waals surface area contributed by atoms with E-state index >= 15 is 0 Å². The zero-order valence-corrected chi connectivity index (χ0v) is 19.4. The first kappa shape index (κ1) is 22.9. The molecule has 3 aromatic rings. The summed E-state index contributed by atoms with van der Waals surface area (Å²) in [6, 6.07) is 18.3. The highest BCUT2D eigenvalue weighted by Gasteiger charge is 2.48. The number of carbonyl (C=O) groups is 2. The van der Waals surface area contributed by atoms with E-state index in [1.165, 1.54) is 26.2 Å². The van der Waals surface area contributed by atoms with Crippen molar-refractivity contribution in [3.05, 3.63) is 89.0 Å². The Labute approximate surface area is 197 Å². The maximum Gasteiger partial charge on any atom is 0.300 e. The van der Waals surface area contributed by atoms with E-state index in [4.69, 9.17) is 14.2 Å². The van der Waals surface area contributed by atoms with E-state index in [0.717, 1.165) is 5.56 Å². The number of aliphatic hydroxyl groups excluding tert-OH is 1. The van der Waals surface area contributed by atoms with Gasteiger partial charge in [-0.05, 0) is 48.9 Å². The van der Waals surface area contributed by atoms with Crippen molar-refractivity contribution >= 4 is 23.1 Å². The number of ketones is 1. The molecule has 1 amide bonds. The number of hydrogen-bond acceptors (Lipinski definition) is 6. The fraction of sp³-hybridized carbons (Fsp3) is 0.185. The first-order valence-electron chi connectivity index (χ1n) is 10.6. The number of anilines is 1. The molecule has 174 valence electrons. The number of benzene rings is 3. The van der Waals surface area contributed by atoms with Crippen LogP contribution in [0.5, 0.6) is 17.2 Å². The third-order valence-corrected chi connectivity index (χ3v) is 5.82. The van der Waals surface area contributed by atoms with Gasteiger partial charge in [-0.2, -0.15) is 0 Å². The summed E-state index contributed by atoms with van der Waals surface area (Å²) in [6.07, 6.45) is 0. The van der Waals surface area contributed by atoms with Gasteiger partial charge in [0, 0.05) is 11.3 Å². The number of carbonyl (C=O) groups excluding carboxylic acids is 2. The summed E-state index contributed by atoms with van der Waals surface area (Å²) in [5, 5.41) is 11.5. The van der Waals surface area contributed by atoms with Crippen molar-refractivity contribution in [1.29, 1.82) is 0 Å². The second kappa shape index (κ2) is 9.31. The second-order valence-corrected chi connectivity index (χ2v) is 7.82. The Kier molecular flexibility index (Phi) is 6.27. The van der Waals surface area contributed by atoms with Crippen molar-refractivity contribution in [3.63, 3.8) is 0 Å². The number of aliphatic hydroxyl groups is 1. The van der Waals surface area contributed by atoms with Gasteiger partial charge in [-0.25, -0.2) is 0 Å². The van der Waals surface area contributed by atoms with Crippen LogP contribution < -0.4 is 19.1 Å². The molecule has 1 unspecified atom stereocenters. The average Bonchev–Trinajstić information content (AvgIpc) is 3.13. The molecule has 1 aliphatic heterocycles. The van der Waals surface area contributed by atoms with Gasteiger partial charge in [0.2, 0.25) is 0 Å². The molecule has 0 aromatic heterocycles. The van der Waals surface area contributed by atoms with Crippen LogP contribution in [0.4, 0.5) is 5.69 Å². The Morgan fingerprint density at radius 1 is 0.853 bits per heavy atom. The maximum absolute atomic E-state index is 13.4. The fourth-order valence-electron chi connectivity index (χ4n) is 4.21. The average molecular weight is 459 g/mol. The van der Waals surface area contributed by atoms with Gasteiger partial charge < -0.3 is 19.3 Å². The molecular weight excluding hydrogens is 434 g/mol. The van der Waals surface area contributed by atoms with Crippen molar-refractivity contribution in [2.75, 3.05) is 26.2 Å². The maximum atomic E-state index is 13.4. The van der Waals surface area contributed by atoms with Gasteiger partial charge in [0.1, 0.15) is 23.0 Å². The SMILES string of the molecule is COc1ccc(OC)c(/C(O)=C2\C(=O)C(=O)N(c3cccc(C)c3)C2c2ccccc2OC)c1. The van der Waals surface area contributed by atoms with Crippen LogP contribution in [0.1, 0.15) is 22.7 Å². The fourth-order valence-corrected chi connectivity index (χ4v) is 4.21. The van der Waals surface area contributed by atoms with E-state index in [2.05, 4.69) is 0 Å². The summed E-state index contributed by atoms with van der Waals surface area (Å²) in [5.41, 5.74) is 2.20. The molecule has 1 heterocycles. The number of para-hydroxylation sites is 1. The van der Waals surface area contributed by atoms with Gasteiger partial charge in [0.15, 0.2) is 0 Å². The molecule has 0 radical (unpaired) electrons. The van der Waals surface area contributed by atoms with Gasteiger partial charge in [0.05, 0.1) is 38.5 Å². The number of amides is 1. The van der Waals surface area contributed by atoms with Crippen molar-refractivity contribution in [1.82, 2.24) is 0 Å². The first-order chi connectivity index (χ1) is 16.4. The van der Waals surface area contributed by atoms with Crippen LogP contribution >= 0.6 is 0 Å². The molecule has 1 N–H and O–H groups in total. The third-order valence-electron chi connectivity index (χ3n) is 5.82. The number of nitrogens with zero attached hydrogens (tertiary/aromatic N) is 1. The molecule has 0 bridgehead atoms. The Balaban J connectivity index is 2.03. The first-order valence-corrected chi connectivity index (χ1v) is 10.6. The highest BCUT2D eigenvalue weighted by Crippen LogP contribution is 2.46. The van der Waals surface area contributed by atoms with Crippen LogP contribution in [-0.4, -0.2) is 38.1 Å². The molecule has 0 aliphatic carbocycles. The lowest BCUT2D eigenvalue weighted by Gasteiger charge is -2.27. The summed E-state index contributed by atoms with van der Waals surface area (Å²) >= 11 is 0. The van der Waals surface area contributed by atoms with Crippen LogP contribution in [0.3, 0.4) is 0 Å². The van der Waals surface area contributed by atoms with Gasteiger partial charge in [0.25, 0.3) is 11.7 Å². The monoisotopic (exact) mass is 459 g/mol. The molecule has 3 aromatic carbocycles. The Morgan fingerprint density at radius 3 is 2.26 bits per heavy atom. The van der Waals surface area contributed by atoms with Crippen molar-refractivity contribution in [2.24, 2.45) is 0 Å². The molecule has 7 nitrogen and oxygen atoms in total. The predicted molar refractivity (Wildman–Crippen MR) is 129 cm³/mol. The Hall–Kier alpha value is -4.26. The van der Waals surface area contributed by atoms with Gasteiger partial charge >= 0.3 is 0 Å². The summed E-state index contributed by atoms with van der Waals surface area (Å²) in [4.78, 5) is 28.2. The molecule has 7 heteroatoms. The Bertz CT molecular complexity index is 1300. The second-order valence-electron chi connectivity index (χ2n) is 7.82. The van der Waals surface area contributed by atoms with E-state index < -0.39 is 17.7 Å². The largest absolute Gasteiger partial charge is 0.507 e. The standard InChI is InChI=1S/C27H25NO6/c1-16-8-7-9-17(14-16)28-24(19-10-5-6-11-21(19)33-3)23(26(30)27(28)31)25(29)20-15-18(32-2)12-13-22(20)34-4/h5-15,24,29H,1-4H3/b25-23+. The molecule has 0 spiro atoms. The smallest absolute Gasteiger partial charge is 0.300 e.